The monoisotopic (exact) mass is 613 g/mol. The summed E-state index contributed by atoms with van der Waals surface area (Å²) < 4.78 is 54.7. The Kier molecular flexibility index (Phi) is 10.4. The Morgan fingerprint density at radius 3 is 2.09 bits per heavy atom. The van der Waals surface area contributed by atoms with E-state index in [2.05, 4.69) is 5.32 Å². The fourth-order valence-corrected chi connectivity index (χ4v) is 6.01. The minimum absolute atomic E-state index is 0.128. The van der Waals surface area contributed by atoms with Gasteiger partial charge in [0.15, 0.2) is 11.5 Å². The number of methoxy groups -OCH3 is 2. The van der Waals surface area contributed by atoms with E-state index in [1.807, 2.05) is 19.9 Å². The first-order valence-electron chi connectivity index (χ1n) is 13.8. The maximum atomic E-state index is 14.7. The van der Waals surface area contributed by atoms with E-state index < -0.39 is 45.8 Å². The second kappa shape index (κ2) is 13.5. The predicted molar refractivity (Wildman–Crippen MR) is 164 cm³/mol. The van der Waals surface area contributed by atoms with Crippen LogP contribution in [0.15, 0.2) is 65.6 Å². The molecule has 0 fully saturated rings. The Labute approximate surface area is 253 Å². The molecule has 3 aromatic carbocycles. The van der Waals surface area contributed by atoms with Gasteiger partial charge in [-0.25, -0.2) is 12.8 Å². The Morgan fingerprint density at radius 1 is 0.930 bits per heavy atom. The van der Waals surface area contributed by atoms with E-state index in [0.717, 1.165) is 15.4 Å². The molecule has 11 heteroatoms. The lowest BCUT2D eigenvalue weighted by atomic mass is 10.1. The summed E-state index contributed by atoms with van der Waals surface area (Å²) in [5.41, 5.74) is 1.43. The van der Waals surface area contributed by atoms with Crippen LogP contribution in [0, 0.1) is 19.7 Å². The van der Waals surface area contributed by atoms with Gasteiger partial charge in [-0.2, -0.15) is 0 Å². The lowest BCUT2D eigenvalue weighted by Gasteiger charge is -2.33. The average molecular weight is 614 g/mol. The molecule has 3 rings (SSSR count). The minimum Gasteiger partial charge on any atom is -0.493 e. The number of hydrogen-bond acceptors (Lipinski definition) is 6. The molecule has 43 heavy (non-hydrogen) atoms. The number of benzene rings is 3. The van der Waals surface area contributed by atoms with E-state index in [-0.39, 0.29) is 28.4 Å². The van der Waals surface area contributed by atoms with Crippen molar-refractivity contribution in [2.45, 2.75) is 64.6 Å². The second-order valence-corrected chi connectivity index (χ2v) is 13.3. The highest BCUT2D eigenvalue weighted by atomic mass is 32.2. The maximum Gasteiger partial charge on any atom is 0.264 e. The SMILES string of the molecule is COc1ccc(S(=O)(=O)N(CC(=O)N(Cc2ccccc2F)[C@@H](C)C(=O)NC(C)(C)C)c2cc(C)cc(C)c2)cc1OC. The lowest BCUT2D eigenvalue weighted by molar-refractivity contribution is -0.140. The summed E-state index contributed by atoms with van der Waals surface area (Å²) in [4.78, 5) is 28.4. The van der Waals surface area contributed by atoms with Crippen molar-refractivity contribution in [1.29, 1.82) is 0 Å². The molecule has 0 saturated carbocycles. The summed E-state index contributed by atoms with van der Waals surface area (Å²) >= 11 is 0. The maximum absolute atomic E-state index is 14.7. The fraction of sp³-hybridized carbons (Fsp3) is 0.375. The molecule has 0 unspecified atom stereocenters. The van der Waals surface area contributed by atoms with Gasteiger partial charge in [0.05, 0.1) is 24.8 Å². The van der Waals surface area contributed by atoms with Crippen molar-refractivity contribution in [1.82, 2.24) is 10.2 Å². The molecule has 1 atom stereocenters. The molecule has 1 N–H and O–H groups in total. The zero-order valence-corrected chi connectivity index (χ0v) is 26.7. The lowest BCUT2D eigenvalue weighted by Crippen LogP contribution is -2.54. The van der Waals surface area contributed by atoms with Gasteiger partial charge >= 0.3 is 0 Å². The zero-order chi connectivity index (χ0) is 32.1. The van der Waals surface area contributed by atoms with E-state index in [9.17, 15) is 22.4 Å². The van der Waals surface area contributed by atoms with E-state index in [1.54, 1.807) is 39.0 Å². The molecule has 0 radical (unpaired) electrons. The van der Waals surface area contributed by atoms with Crippen molar-refractivity contribution < 1.29 is 31.9 Å². The number of ether oxygens (including phenoxy) is 2. The van der Waals surface area contributed by atoms with Crippen LogP contribution in [0.25, 0.3) is 0 Å². The summed E-state index contributed by atoms with van der Waals surface area (Å²) in [6.45, 7) is 9.69. The molecular weight excluding hydrogens is 573 g/mol. The molecule has 0 aliphatic heterocycles. The van der Waals surface area contributed by atoms with Crippen molar-refractivity contribution >= 4 is 27.5 Å². The van der Waals surface area contributed by atoms with Gasteiger partial charge in [-0.05, 0) is 83.0 Å². The Hall–Kier alpha value is -4.12. The van der Waals surface area contributed by atoms with Gasteiger partial charge in [-0.1, -0.05) is 24.3 Å². The third-order valence-electron chi connectivity index (χ3n) is 6.68. The molecule has 0 heterocycles. The van der Waals surface area contributed by atoms with Gasteiger partial charge in [-0.3, -0.25) is 13.9 Å². The van der Waals surface area contributed by atoms with E-state index in [1.165, 1.54) is 62.4 Å². The number of carbonyl (C=O) groups is 2. The Bertz CT molecular complexity index is 1570. The summed E-state index contributed by atoms with van der Waals surface area (Å²) in [5, 5.41) is 2.85. The topological polar surface area (TPSA) is 105 Å². The Morgan fingerprint density at radius 2 is 1.53 bits per heavy atom. The van der Waals surface area contributed by atoms with Gasteiger partial charge in [0.1, 0.15) is 18.4 Å². The number of nitrogens with zero attached hydrogens (tertiary/aromatic N) is 2. The normalized spacial score (nSPS) is 12.3. The van der Waals surface area contributed by atoms with Crippen LogP contribution in [0.4, 0.5) is 10.1 Å². The van der Waals surface area contributed by atoms with E-state index in [0.29, 0.717) is 5.75 Å². The van der Waals surface area contributed by atoms with Crippen LogP contribution < -0.4 is 19.1 Å². The number of halogens is 1. The number of rotatable bonds is 11. The standard InChI is InChI=1S/C32H40FN3O6S/c1-21-15-22(2)17-25(16-21)36(43(39,40)26-13-14-28(41-7)29(18-26)42-8)20-30(37)35(19-24-11-9-10-12-27(24)33)23(3)31(38)34-32(4,5)6/h9-18,23H,19-20H2,1-8H3,(H,34,38)/t23-/m0/s1. The number of sulfonamides is 1. The second-order valence-electron chi connectivity index (χ2n) is 11.4. The van der Waals surface area contributed by atoms with Crippen LogP contribution in [0.3, 0.4) is 0 Å². The molecule has 0 aliphatic rings. The van der Waals surface area contributed by atoms with Crippen LogP contribution in [0.5, 0.6) is 11.5 Å². The summed E-state index contributed by atoms with van der Waals surface area (Å²) in [7, 11) is -1.52. The van der Waals surface area contributed by atoms with Gasteiger partial charge in [-0.15, -0.1) is 0 Å². The molecule has 0 spiro atoms. The third-order valence-corrected chi connectivity index (χ3v) is 8.45. The van der Waals surface area contributed by atoms with Gasteiger partial charge in [0.25, 0.3) is 10.0 Å². The summed E-state index contributed by atoms with van der Waals surface area (Å²) in [6, 6.07) is 14.3. The van der Waals surface area contributed by atoms with Crippen molar-refractivity contribution in [3.63, 3.8) is 0 Å². The van der Waals surface area contributed by atoms with Crippen molar-refractivity contribution in [3.8, 4) is 11.5 Å². The third kappa shape index (κ3) is 8.25. The van der Waals surface area contributed by atoms with Crippen molar-refractivity contribution in [2.75, 3.05) is 25.1 Å². The zero-order valence-electron chi connectivity index (χ0n) is 25.9. The largest absolute Gasteiger partial charge is 0.493 e. The molecular formula is C32H40FN3O6S. The molecule has 3 aromatic rings. The smallest absolute Gasteiger partial charge is 0.264 e. The molecule has 0 saturated heterocycles. The fourth-order valence-electron chi connectivity index (χ4n) is 4.59. The number of carbonyl (C=O) groups excluding carboxylic acids is 2. The number of amides is 2. The van der Waals surface area contributed by atoms with Crippen LogP contribution in [-0.2, 0) is 26.2 Å². The van der Waals surface area contributed by atoms with Gasteiger partial charge in [0.2, 0.25) is 11.8 Å². The van der Waals surface area contributed by atoms with Crippen LogP contribution in [0.1, 0.15) is 44.4 Å². The minimum atomic E-state index is -4.35. The van der Waals surface area contributed by atoms with Gasteiger partial charge < -0.3 is 19.7 Å². The molecule has 0 aliphatic carbocycles. The Balaban J connectivity index is 2.13. The first kappa shape index (κ1) is 33.4. The van der Waals surface area contributed by atoms with Crippen LogP contribution in [-0.4, -0.2) is 57.5 Å². The van der Waals surface area contributed by atoms with Crippen LogP contribution in [0.2, 0.25) is 0 Å². The van der Waals surface area contributed by atoms with E-state index >= 15 is 0 Å². The average Bonchev–Trinajstić information content (AvgIpc) is 2.92. The van der Waals surface area contributed by atoms with Crippen molar-refractivity contribution in [3.05, 3.63) is 83.2 Å². The quantitative estimate of drug-likeness (QED) is 0.327. The van der Waals surface area contributed by atoms with Gasteiger partial charge in [0, 0.05) is 23.7 Å². The number of aryl methyl sites for hydroxylation is 2. The summed E-state index contributed by atoms with van der Waals surface area (Å²) in [5.74, 6) is -1.16. The molecule has 232 valence electrons. The van der Waals surface area contributed by atoms with Crippen molar-refractivity contribution in [2.24, 2.45) is 0 Å². The highest BCUT2D eigenvalue weighted by Crippen LogP contribution is 2.33. The number of anilines is 1. The first-order valence-corrected chi connectivity index (χ1v) is 15.2. The highest BCUT2D eigenvalue weighted by molar-refractivity contribution is 7.92. The molecule has 9 nitrogen and oxygen atoms in total. The molecule has 2 amide bonds. The first-order chi connectivity index (χ1) is 20.1. The predicted octanol–water partition coefficient (Wildman–Crippen LogP) is 4.99. The molecule has 0 aromatic heterocycles. The molecule has 0 bridgehead atoms. The summed E-state index contributed by atoms with van der Waals surface area (Å²) in [6.07, 6.45) is 0. The van der Waals surface area contributed by atoms with Crippen LogP contribution >= 0.6 is 0 Å². The number of nitrogens with one attached hydrogen (secondary N) is 1. The van der Waals surface area contributed by atoms with E-state index in [4.69, 9.17) is 9.47 Å². The highest BCUT2D eigenvalue weighted by Gasteiger charge is 2.34. The number of hydrogen-bond donors (Lipinski definition) is 1.